The molecule has 1 N–H and O–H groups in total. The SMILES string of the molecule is CCc1cccc(C)c1NC(=O)c1ccc(N2CCCCCC2)c([N+](=O)[O-])c1. The molecule has 1 saturated heterocycles. The van der Waals surface area contributed by atoms with E-state index in [0.29, 0.717) is 11.3 Å². The lowest BCUT2D eigenvalue weighted by Gasteiger charge is -2.22. The minimum atomic E-state index is -0.387. The second kappa shape index (κ2) is 8.87. The quantitative estimate of drug-likeness (QED) is 0.577. The molecule has 0 spiro atoms. The van der Waals surface area contributed by atoms with Crippen LogP contribution in [0.25, 0.3) is 0 Å². The van der Waals surface area contributed by atoms with Gasteiger partial charge in [0.15, 0.2) is 0 Å². The van der Waals surface area contributed by atoms with Gasteiger partial charge in [0.05, 0.1) is 4.92 Å². The van der Waals surface area contributed by atoms with Crippen molar-refractivity contribution in [2.45, 2.75) is 46.0 Å². The Morgan fingerprint density at radius 1 is 1.14 bits per heavy atom. The van der Waals surface area contributed by atoms with Crippen LogP contribution in [0.15, 0.2) is 36.4 Å². The van der Waals surface area contributed by atoms with E-state index in [2.05, 4.69) is 10.2 Å². The number of carbonyl (C=O) groups is 1. The fourth-order valence-corrected chi connectivity index (χ4v) is 3.78. The summed E-state index contributed by atoms with van der Waals surface area (Å²) in [6, 6.07) is 10.7. The number of nitro groups is 1. The van der Waals surface area contributed by atoms with Crippen LogP contribution in [0.2, 0.25) is 0 Å². The number of amides is 1. The van der Waals surface area contributed by atoms with Crippen LogP contribution in [0.1, 0.15) is 54.1 Å². The molecule has 1 aliphatic rings. The first kappa shape index (κ1) is 19.9. The summed E-state index contributed by atoms with van der Waals surface area (Å²) < 4.78 is 0. The number of benzene rings is 2. The minimum Gasteiger partial charge on any atom is -0.366 e. The molecule has 28 heavy (non-hydrogen) atoms. The van der Waals surface area contributed by atoms with E-state index in [4.69, 9.17) is 0 Å². The van der Waals surface area contributed by atoms with Gasteiger partial charge >= 0.3 is 0 Å². The summed E-state index contributed by atoms with van der Waals surface area (Å²) in [5.74, 6) is -0.325. The van der Waals surface area contributed by atoms with Crippen LogP contribution in [0.4, 0.5) is 17.1 Å². The smallest absolute Gasteiger partial charge is 0.293 e. The number of rotatable bonds is 5. The maximum atomic E-state index is 12.8. The van der Waals surface area contributed by atoms with Gasteiger partial charge in [-0.3, -0.25) is 14.9 Å². The Bertz CT molecular complexity index is 871. The average Bonchev–Trinajstić information content (AvgIpc) is 2.98. The van der Waals surface area contributed by atoms with E-state index in [1.807, 2.05) is 32.0 Å². The summed E-state index contributed by atoms with van der Waals surface area (Å²) in [4.78, 5) is 26.2. The molecule has 6 nitrogen and oxygen atoms in total. The van der Waals surface area contributed by atoms with Crippen LogP contribution in [0, 0.1) is 17.0 Å². The number of carbonyl (C=O) groups excluding carboxylic acids is 1. The van der Waals surface area contributed by atoms with E-state index >= 15 is 0 Å². The second-order valence-corrected chi connectivity index (χ2v) is 7.28. The summed E-state index contributed by atoms with van der Waals surface area (Å²) in [5.41, 5.74) is 3.71. The standard InChI is InChI=1S/C22H27N3O3/c1-3-17-10-8-9-16(2)21(17)23-22(26)18-11-12-19(20(15-18)25(27)28)24-13-6-4-5-7-14-24/h8-12,15H,3-7,13-14H2,1-2H3,(H,23,26). The van der Waals surface area contributed by atoms with E-state index in [1.165, 1.54) is 6.07 Å². The molecule has 148 valence electrons. The zero-order valence-corrected chi connectivity index (χ0v) is 16.5. The van der Waals surface area contributed by atoms with Crippen molar-refractivity contribution in [3.63, 3.8) is 0 Å². The monoisotopic (exact) mass is 381 g/mol. The van der Waals surface area contributed by atoms with Crippen LogP contribution >= 0.6 is 0 Å². The Balaban J connectivity index is 1.89. The number of para-hydroxylation sites is 1. The Hall–Kier alpha value is -2.89. The molecule has 0 bridgehead atoms. The van der Waals surface area contributed by atoms with E-state index in [9.17, 15) is 14.9 Å². The Morgan fingerprint density at radius 2 is 1.86 bits per heavy atom. The van der Waals surface area contributed by atoms with Crippen molar-refractivity contribution in [1.82, 2.24) is 0 Å². The molecule has 0 aromatic heterocycles. The van der Waals surface area contributed by atoms with Crippen LogP contribution in [-0.4, -0.2) is 23.9 Å². The topological polar surface area (TPSA) is 75.5 Å². The summed E-state index contributed by atoms with van der Waals surface area (Å²) in [6.07, 6.45) is 5.17. The zero-order valence-electron chi connectivity index (χ0n) is 16.5. The van der Waals surface area contributed by atoms with Gasteiger partial charge in [0.25, 0.3) is 11.6 Å². The first-order valence-corrected chi connectivity index (χ1v) is 9.94. The van der Waals surface area contributed by atoms with Crippen molar-refractivity contribution in [3.8, 4) is 0 Å². The highest BCUT2D eigenvalue weighted by Gasteiger charge is 2.23. The molecular weight excluding hydrogens is 354 g/mol. The molecule has 2 aromatic carbocycles. The lowest BCUT2D eigenvalue weighted by molar-refractivity contribution is -0.384. The molecule has 2 aromatic rings. The van der Waals surface area contributed by atoms with Crippen molar-refractivity contribution < 1.29 is 9.72 Å². The number of hydrogen-bond acceptors (Lipinski definition) is 4. The highest BCUT2D eigenvalue weighted by molar-refractivity contribution is 6.06. The lowest BCUT2D eigenvalue weighted by Crippen LogP contribution is -2.25. The molecule has 0 aliphatic carbocycles. The largest absolute Gasteiger partial charge is 0.366 e. The number of nitrogens with one attached hydrogen (secondary N) is 1. The average molecular weight is 381 g/mol. The van der Waals surface area contributed by atoms with Crippen LogP contribution in [-0.2, 0) is 6.42 Å². The van der Waals surface area contributed by atoms with Crippen LogP contribution in [0.5, 0.6) is 0 Å². The number of anilines is 2. The summed E-state index contributed by atoms with van der Waals surface area (Å²) >= 11 is 0. The Kier molecular flexibility index (Phi) is 6.29. The molecule has 1 heterocycles. The first-order chi connectivity index (χ1) is 13.5. The highest BCUT2D eigenvalue weighted by Crippen LogP contribution is 2.31. The minimum absolute atomic E-state index is 0.00458. The van der Waals surface area contributed by atoms with Crippen molar-refractivity contribution in [2.75, 3.05) is 23.3 Å². The maximum absolute atomic E-state index is 12.8. The summed E-state index contributed by atoms with van der Waals surface area (Å²) in [6.45, 7) is 5.61. The predicted molar refractivity (Wildman–Crippen MR) is 112 cm³/mol. The molecule has 1 amide bonds. The van der Waals surface area contributed by atoms with Gasteiger partial charge < -0.3 is 10.2 Å². The van der Waals surface area contributed by atoms with Gasteiger partial charge in [-0.15, -0.1) is 0 Å². The van der Waals surface area contributed by atoms with Crippen molar-refractivity contribution in [3.05, 3.63) is 63.2 Å². The van der Waals surface area contributed by atoms with Gasteiger partial charge in [-0.25, -0.2) is 0 Å². The van der Waals surface area contributed by atoms with E-state index in [0.717, 1.165) is 62.0 Å². The predicted octanol–water partition coefficient (Wildman–Crippen LogP) is 5.10. The van der Waals surface area contributed by atoms with Crippen molar-refractivity contribution in [1.29, 1.82) is 0 Å². The lowest BCUT2D eigenvalue weighted by atomic mass is 10.0. The Labute approximate surface area is 165 Å². The molecule has 3 rings (SSSR count). The fraction of sp³-hybridized carbons (Fsp3) is 0.409. The third-order valence-corrected chi connectivity index (χ3v) is 5.36. The third kappa shape index (κ3) is 4.32. The second-order valence-electron chi connectivity index (χ2n) is 7.28. The molecular formula is C22H27N3O3. The molecule has 1 fully saturated rings. The molecule has 6 heteroatoms. The van der Waals surface area contributed by atoms with Gasteiger partial charge in [0.2, 0.25) is 0 Å². The van der Waals surface area contributed by atoms with Crippen LogP contribution in [0.3, 0.4) is 0 Å². The number of nitrogens with zero attached hydrogens (tertiary/aromatic N) is 2. The van der Waals surface area contributed by atoms with Crippen LogP contribution < -0.4 is 10.2 Å². The van der Waals surface area contributed by atoms with Crippen molar-refractivity contribution in [2.24, 2.45) is 0 Å². The van der Waals surface area contributed by atoms with E-state index < -0.39 is 0 Å². The number of aryl methyl sites for hydroxylation is 2. The van der Waals surface area contributed by atoms with Gasteiger partial charge in [0.1, 0.15) is 5.69 Å². The highest BCUT2D eigenvalue weighted by atomic mass is 16.6. The van der Waals surface area contributed by atoms with Gasteiger partial charge in [-0.05, 0) is 49.4 Å². The van der Waals surface area contributed by atoms with E-state index in [1.54, 1.807) is 12.1 Å². The first-order valence-electron chi connectivity index (χ1n) is 9.94. The number of hydrogen-bond donors (Lipinski definition) is 1. The fourth-order valence-electron chi connectivity index (χ4n) is 3.78. The molecule has 0 saturated carbocycles. The molecule has 0 atom stereocenters. The Morgan fingerprint density at radius 3 is 2.50 bits per heavy atom. The maximum Gasteiger partial charge on any atom is 0.293 e. The normalized spacial score (nSPS) is 14.4. The van der Waals surface area contributed by atoms with Crippen molar-refractivity contribution >= 4 is 23.0 Å². The molecule has 0 unspecified atom stereocenters. The van der Waals surface area contributed by atoms with Gasteiger partial charge in [-0.2, -0.15) is 0 Å². The van der Waals surface area contributed by atoms with E-state index in [-0.39, 0.29) is 16.5 Å². The molecule has 1 aliphatic heterocycles. The summed E-state index contributed by atoms with van der Waals surface area (Å²) in [5, 5.41) is 14.6. The third-order valence-electron chi connectivity index (χ3n) is 5.36. The van der Waals surface area contributed by atoms with Gasteiger partial charge in [-0.1, -0.05) is 38.0 Å². The number of nitro benzene ring substituents is 1. The molecule has 0 radical (unpaired) electrons. The summed E-state index contributed by atoms with van der Waals surface area (Å²) in [7, 11) is 0. The zero-order chi connectivity index (χ0) is 20.1. The van der Waals surface area contributed by atoms with Gasteiger partial charge in [0, 0.05) is 30.4 Å².